The first kappa shape index (κ1) is 14.4. The zero-order valence-electron chi connectivity index (χ0n) is 11.7. The third-order valence-electron chi connectivity index (χ3n) is 3.19. The van der Waals surface area contributed by atoms with Gasteiger partial charge in [0.2, 0.25) is 0 Å². The lowest BCUT2D eigenvalue weighted by Crippen LogP contribution is -2.09. The highest BCUT2D eigenvalue weighted by Crippen LogP contribution is 2.28. The fourth-order valence-corrected chi connectivity index (χ4v) is 2.95. The van der Waals surface area contributed by atoms with Crippen molar-refractivity contribution in [1.29, 1.82) is 0 Å². The maximum absolute atomic E-state index is 11.2. The van der Waals surface area contributed by atoms with Gasteiger partial charge in [0.15, 0.2) is 0 Å². The second-order valence-corrected chi connectivity index (χ2v) is 6.19. The summed E-state index contributed by atoms with van der Waals surface area (Å²) in [5, 5.41) is 12.5. The van der Waals surface area contributed by atoms with Gasteiger partial charge in [-0.1, -0.05) is 0 Å². The third kappa shape index (κ3) is 2.93. The fourth-order valence-electron chi connectivity index (χ4n) is 2.07. The minimum absolute atomic E-state index is 0.123. The minimum Gasteiger partial charge on any atom is -0.478 e. The lowest BCUT2D eigenvalue weighted by Gasteiger charge is -2.16. The van der Waals surface area contributed by atoms with Crippen LogP contribution >= 0.6 is 11.3 Å². The summed E-state index contributed by atoms with van der Waals surface area (Å²) in [6, 6.07) is 7.74. The normalized spacial score (nSPS) is 12.2. The van der Waals surface area contributed by atoms with E-state index in [2.05, 4.69) is 31.3 Å². The zero-order valence-corrected chi connectivity index (χ0v) is 12.5. The number of aromatic carboxylic acids is 1. The zero-order chi connectivity index (χ0) is 14.9. The van der Waals surface area contributed by atoms with Gasteiger partial charge in [-0.15, -0.1) is 11.3 Å². The summed E-state index contributed by atoms with van der Waals surface area (Å²) < 4.78 is 0. The van der Waals surface area contributed by atoms with Gasteiger partial charge in [-0.3, -0.25) is 0 Å². The Bertz CT molecular complexity index is 649. The highest BCUT2D eigenvalue weighted by Gasteiger charge is 2.14. The van der Waals surface area contributed by atoms with Gasteiger partial charge in [0, 0.05) is 21.1 Å². The highest BCUT2D eigenvalue weighted by molar-refractivity contribution is 7.12. The van der Waals surface area contributed by atoms with Gasteiger partial charge in [0.1, 0.15) is 0 Å². The molecule has 1 atom stereocenters. The van der Waals surface area contributed by atoms with Crippen molar-refractivity contribution in [2.24, 2.45) is 0 Å². The van der Waals surface area contributed by atoms with E-state index in [-0.39, 0.29) is 11.6 Å². The van der Waals surface area contributed by atoms with Crippen LogP contribution in [0.1, 0.15) is 38.6 Å². The number of hydrogen-bond donors (Lipinski definition) is 3. The first-order chi connectivity index (χ1) is 9.38. The smallest absolute Gasteiger partial charge is 0.337 e. The molecule has 0 aliphatic rings. The van der Waals surface area contributed by atoms with Gasteiger partial charge in [-0.25, -0.2) is 4.79 Å². The Hall–Kier alpha value is -2.01. The Morgan fingerprint density at radius 1 is 1.35 bits per heavy atom. The molecule has 2 aromatic rings. The average molecular weight is 290 g/mol. The molecule has 4 nitrogen and oxygen atoms in total. The second-order valence-electron chi connectivity index (χ2n) is 4.87. The summed E-state index contributed by atoms with van der Waals surface area (Å²) in [6.45, 7) is 5.93. The van der Waals surface area contributed by atoms with E-state index in [0.29, 0.717) is 5.69 Å². The van der Waals surface area contributed by atoms with Gasteiger partial charge < -0.3 is 16.2 Å². The predicted molar refractivity (Wildman–Crippen MR) is 83.6 cm³/mol. The van der Waals surface area contributed by atoms with Crippen molar-refractivity contribution in [3.8, 4) is 0 Å². The maximum atomic E-state index is 11.2. The molecule has 0 aliphatic heterocycles. The number of nitrogen functional groups attached to an aromatic ring is 1. The van der Waals surface area contributed by atoms with Crippen LogP contribution in [0.25, 0.3) is 0 Å². The van der Waals surface area contributed by atoms with Crippen LogP contribution in [0.5, 0.6) is 0 Å². The Kier molecular flexibility index (Phi) is 3.99. The molecule has 0 aliphatic carbocycles. The molecule has 2 rings (SSSR count). The van der Waals surface area contributed by atoms with Crippen molar-refractivity contribution >= 4 is 28.7 Å². The van der Waals surface area contributed by atoms with Gasteiger partial charge in [-0.05, 0) is 50.6 Å². The van der Waals surface area contributed by atoms with Crippen LogP contribution in [0.4, 0.5) is 11.4 Å². The first-order valence-corrected chi connectivity index (χ1v) is 7.16. The number of nitrogens with one attached hydrogen (secondary N) is 1. The van der Waals surface area contributed by atoms with Crippen LogP contribution < -0.4 is 11.1 Å². The number of benzene rings is 1. The molecule has 0 bridgehead atoms. The summed E-state index contributed by atoms with van der Waals surface area (Å²) in [7, 11) is 0. The Labute approximate surface area is 122 Å². The summed E-state index contributed by atoms with van der Waals surface area (Å²) in [5.41, 5.74) is 7.79. The lowest BCUT2D eigenvalue weighted by molar-refractivity contribution is 0.0698. The van der Waals surface area contributed by atoms with E-state index in [1.54, 1.807) is 17.4 Å². The van der Waals surface area contributed by atoms with E-state index >= 15 is 0 Å². The van der Waals surface area contributed by atoms with Crippen LogP contribution in [0.15, 0.2) is 24.3 Å². The Morgan fingerprint density at radius 2 is 2.05 bits per heavy atom. The fraction of sp³-hybridized carbons (Fsp3) is 0.267. The molecule has 1 unspecified atom stereocenters. The highest BCUT2D eigenvalue weighted by atomic mass is 32.1. The molecule has 0 radical (unpaired) electrons. The van der Waals surface area contributed by atoms with Gasteiger partial charge in [0.25, 0.3) is 0 Å². The summed E-state index contributed by atoms with van der Waals surface area (Å²) in [6.07, 6.45) is 0. The molecule has 106 valence electrons. The van der Waals surface area contributed by atoms with Crippen molar-refractivity contribution in [3.63, 3.8) is 0 Å². The topological polar surface area (TPSA) is 75.3 Å². The molecule has 4 N–H and O–H groups in total. The summed E-state index contributed by atoms with van der Waals surface area (Å²) in [5.74, 6) is -1.01. The van der Waals surface area contributed by atoms with E-state index in [1.807, 2.05) is 13.0 Å². The molecule has 0 spiro atoms. The van der Waals surface area contributed by atoms with Crippen LogP contribution in [-0.4, -0.2) is 11.1 Å². The summed E-state index contributed by atoms with van der Waals surface area (Å²) in [4.78, 5) is 13.7. The number of hydrogen-bond acceptors (Lipinski definition) is 4. The first-order valence-electron chi connectivity index (χ1n) is 6.34. The monoisotopic (exact) mass is 290 g/mol. The SMILES string of the molecule is Cc1ccc(C(C)Nc2cc(C)c(N)c(C(=O)O)c2)s1. The van der Waals surface area contributed by atoms with Gasteiger partial charge >= 0.3 is 5.97 Å². The number of carboxylic acid groups (broad SMARTS) is 1. The lowest BCUT2D eigenvalue weighted by atomic mass is 10.1. The van der Waals surface area contributed by atoms with E-state index < -0.39 is 5.97 Å². The quantitative estimate of drug-likeness (QED) is 0.748. The second kappa shape index (κ2) is 5.54. The van der Waals surface area contributed by atoms with Gasteiger partial charge in [-0.2, -0.15) is 0 Å². The van der Waals surface area contributed by atoms with Crippen LogP contribution in [0, 0.1) is 13.8 Å². The molecular weight excluding hydrogens is 272 g/mol. The van der Waals surface area contributed by atoms with E-state index in [0.717, 1.165) is 11.3 Å². The van der Waals surface area contributed by atoms with Crippen molar-refractivity contribution in [3.05, 3.63) is 45.1 Å². The number of rotatable bonds is 4. The maximum Gasteiger partial charge on any atom is 0.337 e. The number of anilines is 2. The molecule has 1 heterocycles. The van der Waals surface area contributed by atoms with E-state index in [4.69, 9.17) is 10.8 Å². The predicted octanol–water partition coefficient (Wildman–Crippen LogP) is 3.82. The molecule has 5 heteroatoms. The number of carbonyl (C=O) groups is 1. The Morgan fingerprint density at radius 3 is 2.60 bits per heavy atom. The average Bonchev–Trinajstić information content (AvgIpc) is 2.80. The molecule has 1 aromatic heterocycles. The molecule has 0 fully saturated rings. The van der Waals surface area contributed by atoms with Crippen molar-refractivity contribution in [1.82, 2.24) is 0 Å². The van der Waals surface area contributed by atoms with Crippen LogP contribution in [0.2, 0.25) is 0 Å². The number of nitrogens with two attached hydrogens (primary N) is 1. The van der Waals surface area contributed by atoms with Crippen molar-refractivity contribution in [2.45, 2.75) is 26.8 Å². The molecular formula is C15H18N2O2S. The van der Waals surface area contributed by atoms with Crippen molar-refractivity contribution in [2.75, 3.05) is 11.1 Å². The molecule has 0 saturated heterocycles. The Balaban J connectivity index is 2.27. The molecule has 0 amide bonds. The minimum atomic E-state index is -1.01. The van der Waals surface area contributed by atoms with Crippen molar-refractivity contribution < 1.29 is 9.90 Å². The molecule has 20 heavy (non-hydrogen) atoms. The largest absolute Gasteiger partial charge is 0.478 e. The summed E-state index contributed by atoms with van der Waals surface area (Å²) >= 11 is 1.73. The molecule has 1 aromatic carbocycles. The number of carboxylic acids is 1. The van der Waals surface area contributed by atoms with E-state index in [9.17, 15) is 4.79 Å². The number of thiophene rings is 1. The van der Waals surface area contributed by atoms with Gasteiger partial charge in [0.05, 0.1) is 11.6 Å². The standard InChI is InChI=1S/C15H18N2O2S/c1-8-6-11(7-12(14(8)16)15(18)19)17-10(3)13-5-4-9(2)20-13/h4-7,10,17H,16H2,1-3H3,(H,18,19). The van der Waals surface area contributed by atoms with Crippen LogP contribution in [-0.2, 0) is 0 Å². The third-order valence-corrected chi connectivity index (χ3v) is 4.37. The number of aryl methyl sites for hydroxylation is 2. The van der Waals surface area contributed by atoms with Crippen LogP contribution in [0.3, 0.4) is 0 Å². The molecule has 0 saturated carbocycles. The van der Waals surface area contributed by atoms with E-state index in [1.165, 1.54) is 9.75 Å².